The normalized spacial score (nSPS) is 11.2. The largest absolute Gasteiger partial charge is 0.309 e. The summed E-state index contributed by atoms with van der Waals surface area (Å²) in [6.45, 7) is 0. The Labute approximate surface area is 566 Å². The molecule has 3 aromatic heterocycles. The molecule has 0 aliphatic rings. The van der Waals surface area contributed by atoms with Crippen LogP contribution in [0.5, 0.6) is 0 Å². The molecule has 14 aromatic carbocycles. The van der Waals surface area contributed by atoms with E-state index >= 15 is 0 Å². The van der Waals surface area contributed by atoms with E-state index in [0.717, 1.165) is 150 Å². The monoisotopic (exact) mass is 1250 g/mol. The summed E-state index contributed by atoms with van der Waals surface area (Å²) in [5.74, 6) is 1.29. The fourth-order valence-electron chi connectivity index (χ4n) is 13.9. The van der Waals surface area contributed by atoms with Gasteiger partial charge in [-0.25, -0.2) is 15.0 Å². The van der Waals surface area contributed by atoms with Gasteiger partial charge in [0.05, 0.1) is 57.0 Å². The average molecular weight is 1250 g/mol. The summed E-state index contributed by atoms with van der Waals surface area (Å²) in [7, 11) is 0. The Kier molecular flexibility index (Phi) is 14.5. The molecule has 0 aliphatic carbocycles. The third kappa shape index (κ3) is 10.6. The summed E-state index contributed by atoms with van der Waals surface area (Å²) in [4.78, 5) is 16.6. The molecule has 0 saturated carbocycles. The number of benzene rings is 14. The van der Waals surface area contributed by atoms with E-state index in [1.165, 1.54) is 0 Å². The molecule has 0 amide bonds. The van der Waals surface area contributed by atoms with Crippen molar-refractivity contribution in [2.45, 2.75) is 0 Å². The maximum atomic E-state index is 10.2. The topological polar surface area (TPSA) is 120 Å². The molecule has 98 heavy (non-hydrogen) atoms. The molecule has 0 atom stereocenters. The molecule has 17 aromatic rings. The molecule has 8 nitrogen and oxygen atoms in total. The van der Waals surface area contributed by atoms with Gasteiger partial charge in [0.1, 0.15) is 0 Å². The second kappa shape index (κ2) is 24.6. The van der Waals surface area contributed by atoms with Crippen LogP contribution in [0.2, 0.25) is 0 Å². The van der Waals surface area contributed by atoms with Crippen LogP contribution in [0.4, 0.5) is 0 Å². The Morgan fingerprint density at radius 2 is 0.510 bits per heavy atom. The Bertz CT molecular complexity index is 5590. The van der Waals surface area contributed by atoms with Crippen molar-refractivity contribution in [1.82, 2.24) is 24.1 Å². The van der Waals surface area contributed by atoms with Gasteiger partial charge in [0.25, 0.3) is 0 Å². The van der Waals surface area contributed by atoms with Crippen LogP contribution in [0.3, 0.4) is 0 Å². The van der Waals surface area contributed by atoms with E-state index in [1.54, 1.807) is 6.07 Å². The third-order valence-corrected chi connectivity index (χ3v) is 18.7. The summed E-state index contributed by atoms with van der Waals surface area (Å²) < 4.78 is 4.68. The molecule has 17 rings (SSSR count). The molecule has 0 fully saturated rings. The van der Waals surface area contributed by atoms with Gasteiger partial charge in [0.2, 0.25) is 0 Å². The maximum absolute atomic E-state index is 10.2. The Hall–Kier alpha value is -13.8. The molecule has 0 radical (unpaired) electrons. The predicted molar refractivity (Wildman–Crippen MR) is 397 cm³/mol. The number of nitriles is 3. The van der Waals surface area contributed by atoms with Crippen LogP contribution in [-0.2, 0) is 0 Å². The number of hydrogen-bond donors (Lipinski definition) is 0. The minimum atomic E-state index is 0.427. The summed E-state index contributed by atoms with van der Waals surface area (Å²) in [5.41, 5.74) is 24.1. The van der Waals surface area contributed by atoms with E-state index in [-0.39, 0.29) is 0 Å². The first-order valence-electron chi connectivity index (χ1n) is 32.5. The fraction of sp³-hybridized carbons (Fsp3) is 0. The van der Waals surface area contributed by atoms with Crippen molar-refractivity contribution in [3.05, 3.63) is 344 Å². The van der Waals surface area contributed by atoms with Crippen LogP contribution in [0.15, 0.2) is 328 Å². The lowest BCUT2D eigenvalue weighted by atomic mass is 9.96. The van der Waals surface area contributed by atoms with E-state index in [9.17, 15) is 15.8 Å². The number of aromatic nitrogens is 5. The summed E-state index contributed by atoms with van der Waals surface area (Å²) in [6.07, 6.45) is 0. The van der Waals surface area contributed by atoms with E-state index in [1.807, 2.05) is 109 Å². The molecule has 3 heterocycles. The highest BCUT2D eigenvalue weighted by atomic mass is 15.0. The Morgan fingerprint density at radius 3 is 0.878 bits per heavy atom. The summed E-state index contributed by atoms with van der Waals surface area (Å²) in [6, 6.07) is 120. The highest BCUT2D eigenvalue weighted by Crippen LogP contribution is 2.44. The van der Waals surface area contributed by atoms with E-state index < -0.39 is 0 Å². The van der Waals surface area contributed by atoms with Gasteiger partial charge in [-0.05, 0) is 205 Å². The van der Waals surface area contributed by atoms with Crippen LogP contribution in [0, 0.1) is 34.0 Å². The van der Waals surface area contributed by atoms with Crippen molar-refractivity contribution in [1.29, 1.82) is 15.8 Å². The van der Waals surface area contributed by atoms with Crippen molar-refractivity contribution in [2.24, 2.45) is 0 Å². The van der Waals surface area contributed by atoms with Crippen molar-refractivity contribution >= 4 is 43.6 Å². The van der Waals surface area contributed by atoms with Gasteiger partial charge in [-0.2, -0.15) is 15.8 Å². The van der Waals surface area contributed by atoms with Crippen molar-refractivity contribution in [3.63, 3.8) is 0 Å². The molecule has 0 aliphatic heterocycles. The lowest BCUT2D eigenvalue weighted by molar-refractivity contribution is 1.07. The van der Waals surface area contributed by atoms with Gasteiger partial charge >= 0.3 is 0 Å². The lowest BCUT2D eigenvalue weighted by Gasteiger charge is -2.17. The lowest BCUT2D eigenvalue weighted by Crippen LogP contribution is -2.04. The minimum Gasteiger partial charge on any atom is -0.309 e. The maximum Gasteiger partial charge on any atom is 0.164 e. The minimum absolute atomic E-state index is 0.427. The van der Waals surface area contributed by atoms with Crippen molar-refractivity contribution in [3.8, 4) is 142 Å². The van der Waals surface area contributed by atoms with E-state index in [0.29, 0.717) is 34.2 Å². The zero-order valence-electron chi connectivity index (χ0n) is 52.8. The summed E-state index contributed by atoms with van der Waals surface area (Å²) in [5, 5.41) is 34.8. The van der Waals surface area contributed by atoms with Gasteiger partial charge in [0.15, 0.2) is 17.5 Å². The molecule has 0 N–H and O–H groups in total. The molecule has 8 heteroatoms. The average Bonchev–Trinajstić information content (AvgIpc) is 1.53. The first kappa shape index (κ1) is 58.0. The molecule has 0 bridgehead atoms. The fourth-order valence-corrected chi connectivity index (χ4v) is 13.9. The molecule has 0 spiro atoms. The van der Waals surface area contributed by atoms with E-state index in [4.69, 9.17) is 15.0 Å². The molecule has 0 unspecified atom stereocenters. The zero-order chi connectivity index (χ0) is 65.6. The van der Waals surface area contributed by atoms with Crippen LogP contribution in [0.25, 0.3) is 167 Å². The highest BCUT2D eigenvalue weighted by Gasteiger charge is 2.24. The zero-order valence-corrected chi connectivity index (χ0v) is 52.8. The van der Waals surface area contributed by atoms with Crippen molar-refractivity contribution < 1.29 is 0 Å². The van der Waals surface area contributed by atoms with E-state index in [2.05, 4.69) is 240 Å². The van der Waals surface area contributed by atoms with Gasteiger partial charge in [-0.3, -0.25) is 0 Å². The summed E-state index contributed by atoms with van der Waals surface area (Å²) >= 11 is 0. The van der Waals surface area contributed by atoms with Gasteiger partial charge in [0, 0.05) is 49.6 Å². The second-order valence-corrected chi connectivity index (χ2v) is 24.5. The quantitative estimate of drug-likeness (QED) is 0.120. The van der Waals surface area contributed by atoms with Crippen molar-refractivity contribution in [2.75, 3.05) is 0 Å². The predicted octanol–water partition coefficient (Wildman–Crippen LogP) is 22.4. The van der Waals surface area contributed by atoms with Gasteiger partial charge in [-0.15, -0.1) is 0 Å². The first-order valence-corrected chi connectivity index (χ1v) is 32.5. The number of fused-ring (bicyclic) bond motifs is 6. The Morgan fingerprint density at radius 1 is 0.204 bits per heavy atom. The number of nitrogens with zero attached hydrogens (tertiary/aromatic N) is 8. The molecule has 454 valence electrons. The van der Waals surface area contributed by atoms with Crippen LogP contribution in [0.1, 0.15) is 16.7 Å². The number of hydrogen-bond acceptors (Lipinski definition) is 6. The third-order valence-electron chi connectivity index (χ3n) is 18.7. The first-order chi connectivity index (χ1) is 48.4. The molecular weight excluding hydrogens is 1190 g/mol. The van der Waals surface area contributed by atoms with Gasteiger partial charge < -0.3 is 9.13 Å². The highest BCUT2D eigenvalue weighted by molar-refractivity contribution is 6.13. The van der Waals surface area contributed by atoms with Crippen LogP contribution >= 0.6 is 0 Å². The van der Waals surface area contributed by atoms with Gasteiger partial charge in [-0.1, -0.05) is 200 Å². The van der Waals surface area contributed by atoms with Crippen LogP contribution < -0.4 is 0 Å². The number of rotatable bonds is 12. The standard InChI is InChI=1S/C90H54N8/c91-55-58-27-31-65(32-28-58)78-53-74(97-84-43-35-69(61-16-5-1-6-17-61)49-80(84)81-50-70(36-44-85(81)97)62-18-7-2-8-19-62)39-41-76(78)89-94-88(73-26-14-25-68(48-73)67-24-13-15-60(47-67)57-93)95-90(96-89)77-42-40-75(54-79(77)66-33-29-59(56-92)30-34-66)98-86-45-37-71(63-20-9-3-10-21-63)51-82(86)83-52-72(38-46-87(83)98)64-22-11-4-12-23-64/h1-54H. The molecular formula is C90H54N8. The smallest absolute Gasteiger partial charge is 0.164 e. The molecule has 0 saturated heterocycles. The van der Waals surface area contributed by atoms with Crippen LogP contribution in [-0.4, -0.2) is 24.1 Å². The second-order valence-electron chi connectivity index (χ2n) is 24.5. The SMILES string of the molecule is N#Cc1ccc(-c2cc(-n3c4ccc(-c5ccccc5)cc4c4cc(-c5ccccc5)ccc43)ccc2-c2nc(-c3cccc(-c4cccc(C#N)c4)c3)nc(-c3ccc(-n4c5ccc(-c6ccccc6)cc5c5cc(-c6ccccc6)ccc54)cc3-c3ccc(C#N)cc3)n2)cc1. The Balaban J connectivity index is 0.895.